The van der Waals surface area contributed by atoms with E-state index in [1.165, 1.54) is 6.07 Å². The summed E-state index contributed by atoms with van der Waals surface area (Å²) in [5.41, 5.74) is 0.163. The molecule has 12 heteroatoms. The first-order valence-electron chi connectivity index (χ1n) is 12.8. The normalized spacial score (nSPS) is 20.2. The van der Waals surface area contributed by atoms with E-state index in [9.17, 15) is 28.8 Å². The highest BCUT2D eigenvalue weighted by atomic mass is 16.6. The van der Waals surface area contributed by atoms with Crippen molar-refractivity contribution in [3.05, 3.63) is 29.3 Å². The lowest BCUT2D eigenvalue weighted by molar-refractivity contribution is -0.136. The second kappa shape index (κ2) is 10.8. The van der Waals surface area contributed by atoms with Crippen LogP contribution in [0.15, 0.2) is 18.2 Å². The van der Waals surface area contributed by atoms with E-state index in [0.717, 1.165) is 4.90 Å². The highest BCUT2D eigenvalue weighted by Gasteiger charge is 2.45. The number of hydrogen-bond acceptors (Lipinski definition) is 8. The molecule has 0 radical (unpaired) electrons. The maximum absolute atomic E-state index is 13.2. The summed E-state index contributed by atoms with van der Waals surface area (Å²) in [5, 5.41) is 8.11. The van der Waals surface area contributed by atoms with Crippen LogP contribution in [-0.4, -0.2) is 82.7 Å². The number of nitrogens with zero attached hydrogens (tertiary/aromatic N) is 2. The van der Waals surface area contributed by atoms with Crippen molar-refractivity contribution in [1.29, 1.82) is 0 Å². The molecule has 1 aromatic rings. The second-order valence-electron chi connectivity index (χ2n) is 10.7. The van der Waals surface area contributed by atoms with Crippen LogP contribution in [0.3, 0.4) is 0 Å². The Morgan fingerprint density at radius 2 is 1.76 bits per heavy atom. The number of likely N-dealkylation sites (tertiary alicyclic amines) is 1. The number of alkyl carbamates (subject to hydrolysis) is 1. The van der Waals surface area contributed by atoms with Gasteiger partial charge in [0.25, 0.3) is 11.8 Å². The zero-order valence-corrected chi connectivity index (χ0v) is 21.8. The van der Waals surface area contributed by atoms with Gasteiger partial charge >= 0.3 is 6.09 Å². The fraction of sp³-hybridized carbons (Fsp3) is 0.538. The number of rotatable bonds is 6. The van der Waals surface area contributed by atoms with Crippen LogP contribution in [-0.2, 0) is 19.1 Å². The van der Waals surface area contributed by atoms with E-state index >= 15 is 0 Å². The highest BCUT2D eigenvalue weighted by molar-refractivity contribution is 6.25. The van der Waals surface area contributed by atoms with Gasteiger partial charge in [-0.3, -0.25) is 34.2 Å². The first kappa shape index (κ1) is 27.1. The van der Waals surface area contributed by atoms with E-state index in [2.05, 4.69) is 16.0 Å². The molecule has 1 aromatic carbocycles. The van der Waals surface area contributed by atoms with Gasteiger partial charge in [0.2, 0.25) is 17.7 Å². The van der Waals surface area contributed by atoms with Crippen LogP contribution < -0.4 is 16.0 Å². The van der Waals surface area contributed by atoms with Crippen molar-refractivity contribution in [3.63, 3.8) is 0 Å². The van der Waals surface area contributed by atoms with Crippen molar-refractivity contribution >= 4 is 41.3 Å². The summed E-state index contributed by atoms with van der Waals surface area (Å²) in [4.78, 5) is 77.3. The van der Waals surface area contributed by atoms with Crippen molar-refractivity contribution in [2.45, 2.75) is 70.6 Å². The molecule has 0 bridgehead atoms. The van der Waals surface area contributed by atoms with E-state index in [-0.39, 0.29) is 48.9 Å². The van der Waals surface area contributed by atoms with Gasteiger partial charge in [-0.05, 0) is 52.2 Å². The maximum Gasteiger partial charge on any atom is 0.407 e. The van der Waals surface area contributed by atoms with Crippen molar-refractivity contribution in [3.8, 4) is 0 Å². The minimum atomic E-state index is -1.04. The van der Waals surface area contributed by atoms with Crippen LogP contribution >= 0.6 is 0 Å². The molecule has 204 valence electrons. The molecule has 12 nitrogen and oxygen atoms in total. The van der Waals surface area contributed by atoms with Gasteiger partial charge in [0.05, 0.1) is 11.1 Å². The number of fused-ring (bicyclic) bond motifs is 1. The van der Waals surface area contributed by atoms with Crippen LogP contribution in [0.25, 0.3) is 0 Å². The third-order valence-corrected chi connectivity index (χ3v) is 6.69. The van der Waals surface area contributed by atoms with Crippen molar-refractivity contribution in [1.82, 2.24) is 20.4 Å². The predicted molar refractivity (Wildman–Crippen MR) is 135 cm³/mol. The van der Waals surface area contributed by atoms with Crippen molar-refractivity contribution < 1.29 is 33.5 Å². The molecule has 3 aliphatic heterocycles. The Hall–Kier alpha value is -3.96. The van der Waals surface area contributed by atoms with Crippen LogP contribution in [0.1, 0.15) is 73.6 Å². The molecule has 3 N–H and O–H groups in total. The lowest BCUT2D eigenvalue weighted by Gasteiger charge is -2.33. The Morgan fingerprint density at radius 1 is 1.05 bits per heavy atom. The molecule has 0 spiro atoms. The summed E-state index contributed by atoms with van der Waals surface area (Å²) in [5.74, 6) is -2.34. The first-order valence-corrected chi connectivity index (χ1v) is 12.8. The number of nitrogens with one attached hydrogen (secondary N) is 3. The summed E-state index contributed by atoms with van der Waals surface area (Å²) in [6, 6.07) is 3.70. The lowest BCUT2D eigenvalue weighted by atomic mass is 10.0. The average molecular weight is 528 g/mol. The van der Waals surface area contributed by atoms with Crippen LogP contribution in [0.5, 0.6) is 0 Å². The van der Waals surface area contributed by atoms with E-state index < -0.39 is 41.4 Å². The van der Waals surface area contributed by atoms with Gasteiger partial charge in [-0.25, -0.2) is 4.79 Å². The van der Waals surface area contributed by atoms with Crippen molar-refractivity contribution in [2.24, 2.45) is 0 Å². The van der Waals surface area contributed by atoms with Gasteiger partial charge in [0, 0.05) is 44.2 Å². The SMILES string of the molecule is CC(C)(C)OC(=O)NC1CCN(C(=O)CCNc2cccc3c2C(=O)N(C2CCC(=O)NC2=O)C3=O)CC1. The average Bonchev–Trinajstić information content (AvgIpc) is 3.09. The molecule has 6 amide bonds. The largest absolute Gasteiger partial charge is 0.444 e. The minimum absolute atomic E-state index is 0.0470. The number of piperidine rings is 2. The maximum atomic E-state index is 13.2. The Bertz CT molecular complexity index is 1170. The Balaban J connectivity index is 1.29. The fourth-order valence-corrected chi connectivity index (χ4v) is 4.87. The topological polar surface area (TPSA) is 154 Å². The summed E-state index contributed by atoms with van der Waals surface area (Å²) in [7, 11) is 0. The summed E-state index contributed by atoms with van der Waals surface area (Å²) in [6.45, 7) is 6.66. The van der Waals surface area contributed by atoms with E-state index in [4.69, 9.17) is 4.74 Å². The molecule has 0 saturated carbocycles. The Morgan fingerprint density at radius 3 is 2.42 bits per heavy atom. The molecule has 3 heterocycles. The van der Waals surface area contributed by atoms with Gasteiger partial charge in [-0.1, -0.05) is 6.07 Å². The van der Waals surface area contributed by atoms with E-state index in [0.29, 0.717) is 31.6 Å². The van der Waals surface area contributed by atoms with Gasteiger partial charge in [0.1, 0.15) is 11.6 Å². The number of anilines is 1. The third-order valence-electron chi connectivity index (χ3n) is 6.69. The standard InChI is InChI=1S/C26H33N5O7/c1-26(2,3)38-25(37)28-15-10-13-30(14-11-15)20(33)9-12-27-17-6-4-5-16-21(17)24(36)31(23(16)35)18-7-8-19(32)29-22(18)34/h4-6,15,18,27H,7-14H2,1-3H3,(H,28,37)(H,29,32,34). The second-order valence-corrected chi connectivity index (χ2v) is 10.7. The zero-order valence-electron chi connectivity index (χ0n) is 21.8. The van der Waals surface area contributed by atoms with Gasteiger partial charge in [0.15, 0.2) is 0 Å². The molecule has 1 unspecified atom stereocenters. The number of amides is 6. The summed E-state index contributed by atoms with van der Waals surface area (Å²) < 4.78 is 5.29. The quantitative estimate of drug-likeness (QED) is 0.469. The molecule has 1 atom stereocenters. The molecular weight excluding hydrogens is 494 g/mol. The molecule has 2 fully saturated rings. The number of carbonyl (C=O) groups excluding carboxylic acids is 6. The Kier molecular flexibility index (Phi) is 7.70. The molecule has 4 rings (SSSR count). The van der Waals surface area contributed by atoms with E-state index in [1.807, 2.05) is 0 Å². The fourth-order valence-electron chi connectivity index (χ4n) is 4.87. The minimum Gasteiger partial charge on any atom is -0.444 e. The summed E-state index contributed by atoms with van der Waals surface area (Å²) >= 11 is 0. The Labute approximate surface area is 220 Å². The van der Waals surface area contributed by atoms with Crippen LogP contribution in [0, 0.1) is 0 Å². The van der Waals surface area contributed by atoms with Gasteiger partial charge < -0.3 is 20.3 Å². The number of carbonyl (C=O) groups is 6. The molecular formula is C26H33N5O7. The summed E-state index contributed by atoms with van der Waals surface area (Å²) in [6.07, 6.45) is 1.08. The smallest absolute Gasteiger partial charge is 0.407 e. The lowest BCUT2D eigenvalue weighted by Crippen LogP contribution is -2.54. The number of hydrogen-bond donors (Lipinski definition) is 3. The molecule has 3 aliphatic rings. The molecule has 38 heavy (non-hydrogen) atoms. The molecule has 0 aromatic heterocycles. The zero-order chi connectivity index (χ0) is 27.6. The number of imide groups is 2. The van der Waals surface area contributed by atoms with Gasteiger partial charge in [-0.2, -0.15) is 0 Å². The van der Waals surface area contributed by atoms with Crippen LogP contribution in [0.4, 0.5) is 10.5 Å². The van der Waals surface area contributed by atoms with Crippen molar-refractivity contribution in [2.75, 3.05) is 25.0 Å². The highest BCUT2D eigenvalue weighted by Crippen LogP contribution is 2.32. The molecule has 2 saturated heterocycles. The molecule has 0 aliphatic carbocycles. The first-order chi connectivity index (χ1) is 17.9. The van der Waals surface area contributed by atoms with Gasteiger partial charge in [-0.15, -0.1) is 0 Å². The monoisotopic (exact) mass is 527 g/mol. The number of ether oxygens (including phenoxy) is 1. The number of benzene rings is 1. The van der Waals surface area contributed by atoms with E-state index in [1.54, 1.807) is 37.8 Å². The predicted octanol–water partition coefficient (Wildman–Crippen LogP) is 1.41. The third kappa shape index (κ3) is 5.95. The van der Waals surface area contributed by atoms with Crippen LogP contribution in [0.2, 0.25) is 0 Å².